The molecule has 2 N–H and O–H groups in total. The van der Waals surface area contributed by atoms with Crippen molar-refractivity contribution in [3.05, 3.63) is 86.4 Å². The van der Waals surface area contributed by atoms with Crippen LogP contribution in [0.4, 0.5) is 5.95 Å². The van der Waals surface area contributed by atoms with Crippen LogP contribution in [0.2, 0.25) is 10.0 Å². The minimum absolute atomic E-state index is 0.134. The predicted octanol–water partition coefficient (Wildman–Crippen LogP) is 6.13. The molecule has 1 aliphatic heterocycles. The van der Waals surface area contributed by atoms with E-state index in [1.165, 1.54) is 31.3 Å². The largest absolute Gasteiger partial charge is 0.507 e. The van der Waals surface area contributed by atoms with Crippen LogP contribution in [0.5, 0.6) is 11.5 Å². The van der Waals surface area contributed by atoms with Gasteiger partial charge in [0.1, 0.15) is 11.5 Å². The highest BCUT2D eigenvalue weighted by Gasteiger charge is 2.48. The van der Waals surface area contributed by atoms with Crippen molar-refractivity contribution in [3.63, 3.8) is 0 Å². The van der Waals surface area contributed by atoms with Gasteiger partial charge in [0.25, 0.3) is 5.78 Å². The number of aromatic amines is 1. The van der Waals surface area contributed by atoms with Gasteiger partial charge in [0.15, 0.2) is 5.75 Å². The molecule has 194 valence electrons. The lowest BCUT2D eigenvalue weighted by molar-refractivity contribution is -0.132. The van der Waals surface area contributed by atoms with Gasteiger partial charge in [-0.15, -0.1) is 0 Å². The molecule has 1 aromatic heterocycles. The number of nitrogens with zero attached hydrogens (tertiary/aromatic N) is 2. The summed E-state index contributed by atoms with van der Waals surface area (Å²) < 4.78 is 10.5. The van der Waals surface area contributed by atoms with E-state index in [9.17, 15) is 14.7 Å². The van der Waals surface area contributed by atoms with Gasteiger partial charge in [-0.3, -0.25) is 14.5 Å². The fourth-order valence-electron chi connectivity index (χ4n) is 4.57. The smallest absolute Gasteiger partial charge is 0.302 e. The number of aliphatic hydroxyl groups is 1. The Hall–Kier alpha value is -4.01. The Morgan fingerprint density at radius 3 is 2.21 bits per heavy atom. The Morgan fingerprint density at radius 2 is 1.61 bits per heavy atom. The van der Waals surface area contributed by atoms with Crippen LogP contribution in [0.3, 0.4) is 0 Å². The number of aryl methyl sites for hydroxylation is 2. The van der Waals surface area contributed by atoms with Crippen molar-refractivity contribution >= 4 is 57.6 Å². The summed E-state index contributed by atoms with van der Waals surface area (Å²) in [6.07, 6.45) is 0. The number of halogens is 2. The number of nitrogens with one attached hydrogen (secondary N) is 1. The normalized spacial score (nSPS) is 16.9. The molecule has 1 unspecified atom stereocenters. The van der Waals surface area contributed by atoms with Gasteiger partial charge >= 0.3 is 5.91 Å². The molecular formula is C28H23Cl2N3O5. The Kier molecular flexibility index (Phi) is 6.54. The zero-order valence-electron chi connectivity index (χ0n) is 20.9. The molecule has 1 fully saturated rings. The van der Waals surface area contributed by atoms with Crippen molar-refractivity contribution in [2.45, 2.75) is 19.9 Å². The molecule has 0 radical (unpaired) electrons. The van der Waals surface area contributed by atoms with Crippen molar-refractivity contribution in [1.82, 2.24) is 9.97 Å². The number of hydrogen-bond acceptors (Lipinski definition) is 6. The molecular weight excluding hydrogens is 529 g/mol. The number of anilines is 1. The number of carbonyl (C=O) groups excluding carboxylic acids is 2. The van der Waals surface area contributed by atoms with Crippen molar-refractivity contribution in [2.75, 3.05) is 19.1 Å². The van der Waals surface area contributed by atoms with E-state index < -0.39 is 23.5 Å². The third-order valence-corrected chi connectivity index (χ3v) is 7.23. The van der Waals surface area contributed by atoms with Crippen LogP contribution in [0.1, 0.15) is 28.3 Å². The number of amides is 1. The molecule has 1 amide bonds. The number of aromatic nitrogens is 2. The van der Waals surface area contributed by atoms with E-state index >= 15 is 0 Å². The maximum absolute atomic E-state index is 13.5. The van der Waals surface area contributed by atoms with Crippen molar-refractivity contribution in [2.24, 2.45) is 0 Å². The molecule has 0 spiro atoms. The number of aliphatic hydroxyl groups excluding tert-OH is 1. The topological polar surface area (TPSA) is 105 Å². The lowest BCUT2D eigenvalue weighted by Crippen LogP contribution is -2.30. The van der Waals surface area contributed by atoms with Crippen LogP contribution in [0.25, 0.3) is 16.8 Å². The zero-order valence-corrected chi connectivity index (χ0v) is 22.4. The van der Waals surface area contributed by atoms with E-state index in [0.717, 1.165) is 11.1 Å². The molecule has 3 aromatic carbocycles. The number of hydrogen-bond donors (Lipinski definition) is 2. The van der Waals surface area contributed by atoms with E-state index in [2.05, 4.69) is 9.97 Å². The lowest BCUT2D eigenvalue weighted by atomic mass is 9.95. The standard InChI is InChI=1S/C28H23Cl2N3O5/c1-13-9-20-21(10-14(13)2)32-28(31-20)33-23(15-5-7-17(37-3)8-6-15)22(25(35)27(33)36)24(34)16-11-18(29)26(38-4)19(30)12-16/h5-12,23,34H,1-4H3,(H,31,32)/b24-22+. The van der Waals surface area contributed by atoms with Crippen LogP contribution in [-0.4, -0.2) is 41.0 Å². The van der Waals surface area contributed by atoms with Gasteiger partial charge < -0.3 is 19.6 Å². The number of methoxy groups -OCH3 is 2. The molecule has 2 heterocycles. The number of Topliss-reactive ketones (excluding diaryl/α,β-unsaturated/α-hetero) is 1. The highest BCUT2D eigenvalue weighted by atomic mass is 35.5. The summed E-state index contributed by atoms with van der Waals surface area (Å²) in [6.45, 7) is 3.95. The Labute approximate surface area is 228 Å². The van der Waals surface area contributed by atoms with Crippen molar-refractivity contribution in [1.29, 1.82) is 0 Å². The Morgan fingerprint density at radius 1 is 0.974 bits per heavy atom. The first kappa shape index (κ1) is 25.6. The first-order valence-corrected chi connectivity index (χ1v) is 12.4. The third-order valence-electron chi connectivity index (χ3n) is 6.66. The second kappa shape index (κ2) is 9.70. The minimum atomic E-state index is -0.997. The summed E-state index contributed by atoms with van der Waals surface area (Å²) in [5.74, 6) is -1.15. The summed E-state index contributed by atoms with van der Waals surface area (Å²) in [4.78, 5) is 36.0. The van der Waals surface area contributed by atoms with Crippen molar-refractivity contribution < 1.29 is 24.2 Å². The number of benzene rings is 3. The van der Waals surface area contributed by atoms with Crippen LogP contribution < -0.4 is 14.4 Å². The number of rotatable bonds is 5. The molecule has 8 nitrogen and oxygen atoms in total. The molecule has 0 bridgehead atoms. The van der Waals surface area contributed by atoms with Gasteiger partial charge in [-0.05, 0) is 66.9 Å². The first-order valence-electron chi connectivity index (χ1n) is 11.6. The number of ether oxygens (including phenoxy) is 2. The number of carbonyl (C=O) groups is 2. The van der Waals surface area contributed by atoms with Crippen LogP contribution >= 0.6 is 23.2 Å². The maximum atomic E-state index is 13.5. The number of imidazole rings is 1. The van der Waals surface area contributed by atoms with Gasteiger partial charge in [0.2, 0.25) is 5.95 Å². The van der Waals surface area contributed by atoms with Crippen LogP contribution in [-0.2, 0) is 9.59 Å². The summed E-state index contributed by atoms with van der Waals surface area (Å²) in [6, 6.07) is 12.6. The van der Waals surface area contributed by atoms with Crippen LogP contribution in [0, 0.1) is 13.8 Å². The quantitative estimate of drug-likeness (QED) is 0.175. The fourth-order valence-corrected chi connectivity index (χ4v) is 5.21. The molecule has 1 aliphatic rings. The van der Waals surface area contributed by atoms with Gasteiger partial charge in [0.05, 0.1) is 46.9 Å². The van der Waals surface area contributed by atoms with Gasteiger partial charge in [-0.2, -0.15) is 0 Å². The highest BCUT2D eigenvalue weighted by Crippen LogP contribution is 2.43. The summed E-state index contributed by atoms with van der Waals surface area (Å²) in [5.41, 5.74) is 4.04. The molecule has 1 atom stereocenters. The fraction of sp³-hybridized carbons (Fsp3) is 0.179. The molecule has 4 aromatic rings. The zero-order chi connectivity index (χ0) is 27.3. The lowest BCUT2D eigenvalue weighted by Gasteiger charge is -2.23. The van der Waals surface area contributed by atoms with E-state index in [4.69, 9.17) is 32.7 Å². The van der Waals surface area contributed by atoms with Gasteiger partial charge in [-0.1, -0.05) is 35.3 Å². The van der Waals surface area contributed by atoms with Gasteiger partial charge in [-0.25, -0.2) is 4.98 Å². The van der Waals surface area contributed by atoms with Crippen LogP contribution in [0.15, 0.2) is 54.1 Å². The van der Waals surface area contributed by atoms with E-state index in [0.29, 0.717) is 22.3 Å². The Bertz CT molecular complexity index is 1580. The van der Waals surface area contributed by atoms with E-state index in [1.54, 1.807) is 24.3 Å². The summed E-state index contributed by atoms with van der Waals surface area (Å²) in [5, 5.41) is 11.7. The molecule has 5 rings (SSSR count). The average molecular weight is 552 g/mol. The van der Waals surface area contributed by atoms with Gasteiger partial charge in [0, 0.05) is 5.56 Å². The highest BCUT2D eigenvalue weighted by molar-refractivity contribution is 6.51. The predicted molar refractivity (Wildman–Crippen MR) is 146 cm³/mol. The molecule has 0 aliphatic carbocycles. The molecule has 0 saturated carbocycles. The minimum Gasteiger partial charge on any atom is -0.507 e. The number of fused-ring (bicyclic) bond motifs is 1. The third kappa shape index (κ3) is 4.15. The van der Waals surface area contributed by atoms with Crippen molar-refractivity contribution in [3.8, 4) is 11.5 Å². The molecule has 38 heavy (non-hydrogen) atoms. The molecule has 1 saturated heterocycles. The second-order valence-corrected chi connectivity index (χ2v) is 9.74. The molecule has 10 heteroatoms. The number of ketones is 1. The SMILES string of the molecule is COc1ccc(C2/C(=C(\O)c3cc(Cl)c(OC)c(Cl)c3)C(=O)C(=O)N2c2nc3cc(C)c(C)cc3[nH]2)cc1. The number of H-pyrrole nitrogens is 1. The van der Waals surface area contributed by atoms with E-state index in [1.807, 2.05) is 26.0 Å². The first-order chi connectivity index (χ1) is 18.1. The average Bonchev–Trinajstić information content (AvgIpc) is 3.41. The second-order valence-electron chi connectivity index (χ2n) is 8.93. The summed E-state index contributed by atoms with van der Waals surface area (Å²) in [7, 11) is 2.95. The monoisotopic (exact) mass is 551 g/mol. The summed E-state index contributed by atoms with van der Waals surface area (Å²) >= 11 is 12.6. The Balaban J connectivity index is 1.73. The maximum Gasteiger partial charge on any atom is 0.302 e. The van der Waals surface area contributed by atoms with E-state index in [-0.39, 0.29) is 32.9 Å².